The zero-order chi connectivity index (χ0) is 13.1. The number of nitrogens with two attached hydrogens (primary N) is 1. The Labute approximate surface area is 114 Å². The first kappa shape index (κ1) is 12.6. The third kappa shape index (κ3) is 2.80. The molecule has 1 saturated heterocycles. The molecule has 0 amide bonds. The Balaban J connectivity index is 1.75. The molecule has 1 aliphatic rings. The van der Waals surface area contributed by atoms with Crippen LogP contribution in [-0.4, -0.2) is 12.7 Å². The molecular formula is C17H21NO. The fraction of sp³-hybridized carbons (Fsp3) is 0.412. The summed E-state index contributed by atoms with van der Waals surface area (Å²) in [5.41, 5.74) is 7.64. The van der Waals surface area contributed by atoms with Crippen LogP contribution >= 0.6 is 0 Å². The fourth-order valence-corrected chi connectivity index (χ4v) is 2.97. The molecule has 0 radical (unpaired) electrons. The smallest absolute Gasteiger partial charge is 0.0576 e. The van der Waals surface area contributed by atoms with Gasteiger partial charge in [-0.25, -0.2) is 0 Å². The number of ether oxygens (including phenoxy) is 1. The summed E-state index contributed by atoms with van der Waals surface area (Å²) in [5, 5.41) is 2.55. The van der Waals surface area contributed by atoms with Gasteiger partial charge in [-0.15, -0.1) is 0 Å². The lowest BCUT2D eigenvalue weighted by molar-refractivity contribution is 0.101. The van der Waals surface area contributed by atoms with E-state index in [0.29, 0.717) is 6.10 Å². The number of benzene rings is 2. The molecule has 2 N–H and O–H groups in total. The van der Waals surface area contributed by atoms with Gasteiger partial charge >= 0.3 is 0 Å². The summed E-state index contributed by atoms with van der Waals surface area (Å²) in [5.74, 6) is 0. The molecule has 2 nitrogen and oxygen atoms in total. The lowest BCUT2D eigenvalue weighted by atomic mass is 9.95. The molecule has 2 aromatic carbocycles. The average molecular weight is 255 g/mol. The number of fused-ring (bicyclic) bond motifs is 1. The van der Waals surface area contributed by atoms with Gasteiger partial charge in [-0.05, 0) is 42.0 Å². The Bertz CT molecular complexity index is 540. The van der Waals surface area contributed by atoms with Gasteiger partial charge in [0, 0.05) is 12.6 Å². The molecule has 2 atom stereocenters. The van der Waals surface area contributed by atoms with Crippen LogP contribution in [0.25, 0.3) is 10.8 Å². The number of rotatable bonds is 4. The second kappa shape index (κ2) is 5.72. The summed E-state index contributed by atoms with van der Waals surface area (Å²) in [6.07, 6.45) is 4.90. The van der Waals surface area contributed by atoms with Gasteiger partial charge in [-0.2, -0.15) is 0 Å². The molecule has 2 aromatic rings. The molecule has 0 aromatic heterocycles. The van der Waals surface area contributed by atoms with Crippen molar-refractivity contribution in [2.45, 2.75) is 37.8 Å². The zero-order valence-electron chi connectivity index (χ0n) is 11.2. The van der Waals surface area contributed by atoms with E-state index >= 15 is 0 Å². The van der Waals surface area contributed by atoms with Crippen molar-refractivity contribution in [2.75, 3.05) is 6.61 Å². The van der Waals surface area contributed by atoms with Crippen molar-refractivity contribution < 1.29 is 4.74 Å². The quantitative estimate of drug-likeness (QED) is 0.902. The molecule has 1 aliphatic heterocycles. The van der Waals surface area contributed by atoms with E-state index in [-0.39, 0.29) is 6.04 Å². The highest BCUT2D eigenvalue weighted by molar-refractivity contribution is 5.86. The van der Waals surface area contributed by atoms with Crippen molar-refractivity contribution in [2.24, 2.45) is 5.73 Å². The lowest BCUT2D eigenvalue weighted by Gasteiger charge is -2.17. The molecule has 100 valence electrons. The third-order valence-corrected chi connectivity index (χ3v) is 4.05. The minimum absolute atomic E-state index is 0.107. The van der Waals surface area contributed by atoms with E-state index in [4.69, 9.17) is 10.5 Å². The highest BCUT2D eigenvalue weighted by atomic mass is 16.5. The largest absolute Gasteiger partial charge is 0.378 e. The molecule has 2 heteroatoms. The van der Waals surface area contributed by atoms with E-state index in [1.807, 2.05) is 0 Å². The van der Waals surface area contributed by atoms with Gasteiger partial charge in [0.2, 0.25) is 0 Å². The van der Waals surface area contributed by atoms with Crippen molar-refractivity contribution in [3.63, 3.8) is 0 Å². The molecule has 1 heterocycles. The minimum atomic E-state index is 0.107. The van der Waals surface area contributed by atoms with Crippen LogP contribution < -0.4 is 5.73 Å². The Morgan fingerprint density at radius 3 is 2.84 bits per heavy atom. The van der Waals surface area contributed by atoms with Crippen LogP contribution in [0.5, 0.6) is 0 Å². The van der Waals surface area contributed by atoms with Gasteiger partial charge in [-0.1, -0.05) is 42.5 Å². The van der Waals surface area contributed by atoms with Crippen LogP contribution in [0.2, 0.25) is 0 Å². The highest BCUT2D eigenvalue weighted by Crippen LogP contribution is 2.27. The first-order valence-electron chi connectivity index (χ1n) is 7.19. The molecule has 1 fully saturated rings. The van der Waals surface area contributed by atoms with Crippen molar-refractivity contribution in [3.8, 4) is 0 Å². The maximum Gasteiger partial charge on any atom is 0.0576 e. The Morgan fingerprint density at radius 1 is 1.16 bits per heavy atom. The summed E-state index contributed by atoms with van der Waals surface area (Å²) in [6.45, 7) is 0.925. The fourth-order valence-electron chi connectivity index (χ4n) is 2.97. The number of hydrogen-bond acceptors (Lipinski definition) is 2. The first-order chi connectivity index (χ1) is 9.34. The standard InChI is InChI=1S/C17H21NO/c18-17(11-10-14-7-4-12-19-14)16-9-3-6-13-5-1-2-8-15(13)16/h1-3,5-6,8-9,14,17H,4,7,10-12,18H2. The van der Waals surface area contributed by atoms with E-state index in [1.54, 1.807) is 0 Å². The van der Waals surface area contributed by atoms with Crippen molar-refractivity contribution >= 4 is 10.8 Å². The molecular weight excluding hydrogens is 234 g/mol. The predicted molar refractivity (Wildman–Crippen MR) is 79.1 cm³/mol. The third-order valence-electron chi connectivity index (χ3n) is 4.05. The minimum Gasteiger partial charge on any atom is -0.378 e. The van der Waals surface area contributed by atoms with Crippen LogP contribution in [0.1, 0.15) is 37.3 Å². The topological polar surface area (TPSA) is 35.2 Å². The summed E-state index contributed by atoms with van der Waals surface area (Å²) < 4.78 is 5.67. The summed E-state index contributed by atoms with van der Waals surface area (Å²) >= 11 is 0. The first-order valence-corrected chi connectivity index (χ1v) is 7.19. The summed E-state index contributed by atoms with van der Waals surface area (Å²) in [6, 6.07) is 15.0. The van der Waals surface area contributed by atoms with E-state index in [1.165, 1.54) is 29.2 Å². The molecule has 0 saturated carbocycles. The van der Waals surface area contributed by atoms with Gasteiger partial charge in [0.25, 0.3) is 0 Å². The predicted octanol–water partition coefficient (Wildman–Crippen LogP) is 3.80. The average Bonchev–Trinajstić information content (AvgIpc) is 2.97. The van der Waals surface area contributed by atoms with Gasteiger partial charge in [0.05, 0.1) is 6.10 Å². The summed E-state index contributed by atoms with van der Waals surface area (Å²) in [7, 11) is 0. The lowest BCUT2D eigenvalue weighted by Crippen LogP contribution is -2.14. The number of hydrogen-bond donors (Lipinski definition) is 1. The molecule has 0 spiro atoms. The summed E-state index contributed by atoms with van der Waals surface area (Å²) in [4.78, 5) is 0. The van der Waals surface area contributed by atoms with Gasteiger partial charge < -0.3 is 10.5 Å². The van der Waals surface area contributed by atoms with Gasteiger partial charge in [0.15, 0.2) is 0 Å². The molecule has 0 bridgehead atoms. The van der Waals surface area contributed by atoms with Crippen molar-refractivity contribution in [3.05, 3.63) is 48.0 Å². The Morgan fingerprint density at radius 2 is 2.00 bits per heavy atom. The molecule has 2 unspecified atom stereocenters. The Hall–Kier alpha value is -1.38. The Kier molecular flexibility index (Phi) is 3.81. The van der Waals surface area contributed by atoms with Crippen molar-refractivity contribution in [1.82, 2.24) is 0 Å². The van der Waals surface area contributed by atoms with Crippen molar-refractivity contribution in [1.29, 1.82) is 0 Å². The zero-order valence-corrected chi connectivity index (χ0v) is 11.2. The van der Waals surface area contributed by atoms with Crippen LogP contribution in [0.3, 0.4) is 0 Å². The van der Waals surface area contributed by atoms with Crippen LogP contribution in [-0.2, 0) is 4.74 Å². The van der Waals surface area contributed by atoms with E-state index in [9.17, 15) is 0 Å². The maximum atomic E-state index is 6.38. The SMILES string of the molecule is NC(CCC1CCCO1)c1cccc2ccccc12. The van der Waals surface area contributed by atoms with Crippen LogP contribution in [0, 0.1) is 0 Å². The van der Waals surface area contributed by atoms with Crippen LogP contribution in [0.15, 0.2) is 42.5 Å². The van der Waals surface area contributed by atoms with E-state index < -0.39 is 0 Å². The second-order valence-electron chi connectivity index (χ2n) is 5.39. The molecule has 3 rings (SSSR count). The molecule has 19 heavy (non-hydrogen) atoms. The monoisotopic (exact) mass is 255 g/mol. The highest BCUT2D eigenvalue weighted by Gasteiger charge is 2.17. The van der Waals surface area contributed by atoms with E-state index in [0.717, 1.165) is 19.4 Å². The molecule has 0 aliphatic carbocycles. The maximum absolute atomic E-state index is 6.38. The normalized spacial score (nSPS) is 20.8. The van der Waals surface area contributed by atoms with Gasteiger partial charge in [0.1, 0.15) is 0 Å². The second-order valence-corrected chi connectivity index (χ2v) is 5.39. The van der Waals surface area contributed by atoms with Gasteiger partial charge in [-0.3, -0.25) is 0 Å². The van der Waals surface area contributed by atoms with E-state index in [2.05, 4.69) is 42.5 Å². The van der Waals surface area contributed by atoms with Crippen LogP contribution in [0.4, 0.5) is 0 Å².